The van der Waals surface area contributed by atoms with Gasteiger partial charge in [0.05, 0.1) is 0 Å². The Morgan fingerprint density at radius 2 is 2.06 bits per heavy atom. The normalized spacial score (nSPS) is 18.3. The largest absolute Gasteiger partial charge is 0.0985 e. The van der Waals surface area contributed by atoms with Crippen molar-refractivity contribution in [3.63, 3.8) is 0 Å². The van der Waals surface area contributed by atoms with Crippen LogP contribution in [0.4, 0.5) is 0 Å². The second-order valence-corrected chi connectivity index (χ2v) is 6.07. The number of rotatable bonds is 2. The maximum Gasteiger partial charge on any atom is -0.0224 e. The summed E-state index contributed by atoms with van der Waals surface area (Å²) in [7, 11) is 0. The number of fused-ring (bicyclic) bond motifs is 1. The van der Waals surface area contributed by atoms with Crippen LogP contribution in [-0.4, -0.2) is 0 Å². The first-order chi connectivity index (χ1) is 8.05. The highest BCUT2D eigenvalue weighted by Crippen LogP contribution is 2.35. The van der Waals surface area contributed by atoms with Crippen LogP contribution in [0.25, 0.3) is 6.08 Å². The summed E-state index contributed by atoms with van der Waals surface area (Å²) in [4.78, 5) is 0. The van der Waals surface area contributed by atoms with Gasteiger partial charge in [0, 0.05) is 0 Å². The minimum absolute atomic E-state index is 0.464. The minimum atomic E-state index is 0.464. The van der Waals surface area contributed by atoms with Crippen LogP contribution >= 0.6 is 0 Å². The van der Waals surface area contributed by atoms with Crippen LogP contribution < -0.4 is 0 Å². The molecule has 0 bridgehead atoms. The molecule has 17 heavy (non-hydrogen) atoms. The van der Waals surface area contributed by atoms with Gasteiger partial charge in [0.1, 0.15) is 0 Å². The van der Waals surface area contributed by atoms with Crippen molar-refractivity contribution < 1.29 is 0 Å². The smallest absolute Gasteiger partial charge is 0.0224 e. The molecule has 0 saturated carbocycles. The molecule has 0 aliphatic heterocycles. The van der Waals surface area contributed by atoms with Gasteiger partial charge in [-0.1, -0.05) is 45.6 Å². The fourth-order valence-electron chi connectivity index (χ4n) is 3.01. The molecular weight excluding hydrogens is 204 g/mol. The van der Waals surface area contributed by atoms with Gasteiger partial charge < -0.3 is 0 Å². The van der Waals surface area contributed by atoms with Crippen molar-refractivity contribution in [2.45, 2.75) is 52.9 Å². The first-order valence-electron chi connectivity index (χ1n) is 6.83. The van der Waals surface area contributed by atoms with Crippen LogP contribution in [0, 0.1) is 5.41 Å². The standard InChI is InChI=1S/C17H24/c1-5-13-10-15-8-7-9-17(3,4)12-16(15)11-14(13)6-2/h5,10-11H,1,6-9,12H2,2-4H3. The Hall–Kier alpha value is -1.04. The second-order valence-electron chi connectivity index (χ2n) is 6.07. The predicted molar refractivity (Wildman–Crippen MR) is 76.3 cm³/mol. The van der Waals surface area contributed by atoms with Crippen molar-refractivity contribution in [2.24, 2.45) is 5.41 Å². The Bertz CT molecular complexity index is 424. The third kappa shape index (κ3) is 2.62. The molecule has 0 radical (unpaired) electrons. The predicted octanol–water partition coefficient (Wildman–Crippen LogP) is 4.80. The van der Waals surface area contributed by atoms with Gasteiger partial charge in [0.2, 0.25) is 0 Å². The summed E-state index contributed by atoms with van der Waals surface area (Å²) in [5.41, 5.74) is 6.39. The molecule has 0 nitrogen and oxygen atoms in total. The zero-order chi connectivity index (χ0) is 12.5. The van der Waals surface area contributed by atoms with E-state index in [4.69, 9.17) is 0 Å². The molecule has 92 valence electrons. The van der Waals surface area contributed by atoms with Gasteiger partial charge in [0.25, 0.3) is 0 Å². The van der Waals surface area contributed by atoms with Crippen molar-refractivity contribution in [1.29, 1.82) is 0 Å². The lowest BCUT2D eigenvalue weighted by molar-refractivity contribution is 0.332. The van der Waals surface area contributed by atoms with Gasteiger partial charge >= 0.3 is 0 Å². The molecule has 0 unspecified atom stereocenters. The Morgan fingerprint density at radius 1 is 1.29 bits per heavy atom. The number of benzene rings is 1. The van der Waals surface area contributed by atoms with E-state index in [1.54, 1.807) is 11.1 Å². The summed E-state index contributed by atoms with van der Waals surface area (Å²) >= 11 is 0. The Labute approximate surface area is 106 Å². The topological polar surface area (TPSA) is 0 Å². The highest BCUT2D eigenvalue weighted by atomic mass is 14.3. The average Bonchev–Trinajstić information content (AvgIpc) is 2.43. The van der Waals surface area contributed by atoms with E-state index in [0.29, 0.717) is 5.41 Å². The second kappa shape index (κ2) is 4.68. The maximum atomic E-state index is 3.94. The molecule has 1 aromatic rings. The van der Waals surface area contributed by atoms with Crippen molar-refractivity contribution >= 4 is 6.08 Å². The quantitative estimate of drug-likeness (QED) is 0.638. The summed E-state index contributed by atoms with van der Waals surface area (Å²) in [5, 5.41) is 0. The lowest BCUT2D eigenvalue weighted by Gasteiger charge is -2.23. The number of hydrogen-bond acceptors (Lipinski definition) is 0. The highest BCUT2D eigenvalue weighted by Gasteiger charge is 2.23. The SMILES string of the molecule is C=Cc1cc2c(cc1CC)CC(C)(C)CCC2. The fourth-order valence-corrected chi connectivity index (χ4v) is 3.01. The Morgan fingerprint density at radius 3 is 2.71 bits per heavy atom. The van der Waals surface area contributed by atoms with Crippen LogP contribution in [0.3, 0.4) is 0 Å². The van der Waals surface area contributed by atoms with E-state index in [1.165, 1.54) is 36.8 Å². The fraction of sp³-hybridized carbons (Fsp3) is 0.529. The van der Waals surface area contributed by atoms with Gasteiger partial charge in [-0.25, -0.2) is 0 Å². The molecule has 0 aromatic heterocycles. The third-order valence-electron chi connectivity index (χ3n) is 4.03. The molecule has 1 aliphatic rings. The maximum absolute atomic E-state index is 3.94. The minimum Gasteiger partial charge on any atom is -0.0985 e. The molecular formula is C17H24. The summed E-state index contributed by atoms with van der Waals surface area (Å²) in [6.45, 7) is 11.0. The van der Waals surface area contributed by atoms with E-state index in [9.17, 15) is 0 Å². The zero-order valence-corrected chi connectivity index (χ0v) is 11.5. The van der Waals surface area contributed by atoms with E-state index in [0.717, 1.165) is 6.42 Å². The van der Waals surface area contributed by atoms with Crippen molar-refractivity contribution in [1.82, 2.24) is 0 Å². The first-order valence-corrected chi connectivity index (χ1v) is 6.83. The van der Waals surface area contributed by atoms with E-state index in [-0.39, 0.29) is 0 Å². The van der Waals surface area contributed by atoms with Crippen molar-refractivity contribution in [2.75, 3.05) is 0 Å². The van der Waals surface area contributed by atoms with Gasteiger partial charge in [-0.3, -0.25) is 0 Å². The van der Waals surface area contributed by atoms with Crippen LogP contribution in [-0.2, 0) is 19.3 Å². The molecule has 1 aliphatic carbocycles. The monoisotopic (exact) mass is 228 g/mol. The van der Waals surface area contributed by atoms with Gasteiger partial charge in [-0.2, -0.15) is 0 Å². The highest BCUT2D eigenvalue weighted by molar-refractivity contribution is 5.55. The molecule has 0 heterocycles. The lowest BCUT2D eigenvalue weighted by atomic mass is 9.82. The van der Waals surface area contributed by atoms with Gasteiger partial charge in [-0.05, 0) is 59.8 Å². The summed E-state index contributed by atoms with van der Waals surface area (Å²) in [5.74, 6) is 0. The number of hydrogen-bond donors (Lipinski definition) is 0. The third-order valence-corrected chi connectivity index (χ3v) is 4.03. The lowest BCUT2D eigenvalue weighted by Crippen LogP contribution is -2.13. The van der Waals surface area contributed by atoms with Crippen molar-refractivity contribution in [3.05, 3.63) is 41.0 Å². The van der Waals surface area contributed by atoms with E-state index >= 15 is 0 Å². The van der Waals surface area contributed by atoms with Gasteiger partial charge in [-0.15, -0.1) is 0 Å². The molecule has 2 rings (SSSR count). The number of aryl methyl sites for hydroxylation is 2. The summed E-state index contributed by atoms with van der Waals surface area (Å²) < 4.78 is 0. The van der Waals surface area contributed by atoms with Crippen molar-refractivity contribution in [3.8, 4) is 0 Å². The average molecular weight is 228 g/mol. The summed E-state index contributed by atoms with van der Waals surface area (Å²) in [6.07, 6.45) is 8.25. The van der Waals surface area contributed by atoms with Crippen LogP contribution in [0.5, 0.6) is 0 Å². The summed E-state index contributed by atoms with van der Waals surface area (Å²) in [6, 6.07) is 4.81. The molecule has 0 saturated heterocycles. The molecule has 0 N–H and O–H groups in total. The van der Waals surface area contributed by atoms with E-state index < -0.39 is 0 Å². The Kier molecular flexibility index (Phi) is 3.42. The van der Waals surface area contributed by atoms with Crippen LogP contribution in [0.15, 0.2) is 18.7 Å². The molecule has 0 fully saturated rings. The molecule has 0 heteroatoms. The first kappa shape index (κ1) is 12.4. The molecule has 0 spiro atoms. The molecule has 1 aromatic carbocycles. The van der Waals surface area contributed by atoms with Crippen LogP contribution in [0.1, 0.15) is 55.9 Å². The molecule has 0 atom stereocenters. The van der Waals surface area contributed by atoms with E-state index in [1.807, 2.05) is 6.08 Å². The van der Waals surface area contributed by atoms with E-state index in [2.05, 4.69) is 39.5 Å². The zero-order valence-electron chi connectivity index (χ0n) is 11.5. The van der Waals surface area contributed by atoms with Crippen LogP contribution in [0.2, 0.25) is 0 Å². The molecule has 0 amide bonds. The Balaban J connectivity index is 2.47. The van der Waals surface area contributed by atoms with Gasteiger partial charge in [0.15, 0.2) is 0 Å².